The molecule has 0 radical (unpaired) electrons. The lowest BCUT2D eigenvalue weighted by Gasteiger charge is -2.17. The number of hydrogen-bond donors (Lipinski definition) is 3. The van der Waals surface area contributed by atoms with Crippen molar-refractivity contribution in [3.05, 3.63) is 82.4 Å². The summed E-state index contributed by atoms with van der Waals surface area (Å²) >= 11 is 6.38. The van der Waals surface area contributed by atoms with Crippen LogP contribution in [0.1, 0.15) is 42.4 Å². The summed E-state index contributed by atoms with van der Waals surface area (Å²) in [7, 11) is 0. The van der Waals surface area contributed by atoms with Crippen LogP contribution in [0.3, 0.4) is 0 Å². The summed E-state index contributed by atoms with van der Waals surface area (Å²) in [5, 5.41) is 23.0. The minimum atomic E-state index is -0.920. The van der Waals surface area contributed by atoms with Crippen molar-refractivity contribution in [3.8, 4) is 5.75 Å². The van der Waals surface area contributed by atoms with E-state index in [1.165, 1.54) is 0 Å². The molecule has 0 saturated heterocycles. The summed E-state index contributed by atoms with van der Waals surface area (Å²) in [6.07, 6.45) is 5.09. The van der Waals surface area contributed by atoms with Crippen molar-refractivity contribution in [2.24, 2.45) is 0 Å². The van der Waals surface area contributed by atoms with Crippen LogP contribution in [0.25, 0.3) is 0 Å². The van der Waals surface area contributed by atoms with Gasteiger partial charge in [0.2, 0.25) is 0 Å². The number of aromatic nitrogens is 2. The van der Waals surface area contributed by atoms with E-state index in [0.717, 1.165) is 41.9 Å². The van der Waals surface area contributed by atoms with Crippen molar-refractivity contribution >= 4 is 17.6 Å². The Balaban J connectivity index is 1.77. The normalized spacial score (nSPS) is 12.1. The number of nitrogens with one attached hydrogen (secondary N) is 1. The molecule has 0 aliphatic carbocycles. The Kier molecular flexibility index (Phi) is 8.09. The number of halogens is 1. The summed E-state index contributed by atoms with van der Waals surface area (Å²) in [6.45, 7) is 3.11. The number of carbonyl (C=O) groups is 1. The van der Waals surface area contributed by atoms with Gasteiger partial charge in [0.15, 0.2) is 0 Å². The predicted molar refractivity (Wildman–Crippen MR) is 121 cm³/mol. The lowest BCUT2D eigenvalue weighted by atomic mass is 10.1. The third-order valence-corrected chi connectivity index (χ3v) is 5.63. The maximum Gasteiger partial charge on any atom is 0.321 e. The molecule has 6 nitrogen and oxygen atoms in total. The number of aryl methyl sites for hydroxylation is 1. The molecule has 0 spiro atoms. The van der Waals surface area contributed by atoms with Gasteiger partial charge in [0.1, 0.15) is 17.6 Å². The molecule has 0 bridgehead atoms. The van der Waals surface area contributed by atoms with Gasteiger partial charge < -0.3 is 14.8 Å². The Morgan fingerprint density at radius 3 is 2.61 bits per heavy atom. The standard InChI is InChI=1S/C24H28ClN3O3/c1-2-3-8-23-27-15-19(28(23)16-18-6-4-5-7-21(18)25)14-26-22(24(30)31)13-17-9-11-20(29)12-10-17/h4-7,9-12,15,22,26,29H,2-3,8,13-14,16H2,1H3,(H,30,31). The summed E-state index contributed by atoms with van der Waals surface area (Å²) in [4.78, 5) is 16.4. The van der Waals surface area contributed by atoms with E-state index in [4.69, 9.17) is 11.6 Å². The summed E-state index contributed by atoms with van der Waals surface area (Å²) in [6, 6.07) is 13.6. The number of rotatable bonds is 11. The second-order valence-corrected chi connectivity index (χ2v) is 8.00. The molecule has 3 aromatic rings. The smallest absolute Gasteiger partial charge is 0.321 e. The maximum atomic E-state index is 11.8. The quantitative estimate of drug-likeness (QED) is 0.410. The third-order valence-electron chi connectivity index (χ3n) is 5.26. The third kappa shape index (κ3) is 6.32. The Hall–Kier alpha value is -2.83. The molecule has 0 aliphatic heterocycles. The zero-order chi connectivity index (χ0) is 22.2. The van der Waals surface area contributed by atoms with Crippen molar-refractivity contribution in [2.45, 2.75) is 51.7 Å². The highest BCUT2D eigenvalue weighted by molar-refractivity contribution is 6.31. The van der Waals surface area contributed by atoms with E-state index < -0.39 is 12.0 Å². The average molecular weight is 442 g/mol. The first-order chi connectivity index (χ1) is 15.0. The highest BCUT2D eigenvalue weighted by Gasteiger charge is 2.19. The van der Waals surface area contributed by atoms with E-state index in [1.807, 2.05) is 30.5 Å². The van der Waals surface area contributed by atoms with Crippen LogP contribution in [0.15, 0.2) is 54.7 Å². The molecule has 164 valence electrons. The minimum Gasteiger partial charge on any atom is -0.508 e. The van der Waals surface area contributed by atoms with Gasteiger partial charge in [0.05, 0.1) is 12.2 Å². The lowest BCUT2D eigenvalue weighted by Crippen LogP contribution is -2.38. The Bertz CT molecular complexity index is 1000. The van der Waals surface area contributed by atoms with Crippen molar-refractivity contribution < 1.29 is 15.0 Å². The predicted octanol–water partition coefficient (Wildman–Crippen LogP) is 4.42. The molecule has 0 aliphatic rings. The number of aliphatic carboxylic acids is 1. The van der Waals surface area contributed by atoms with Crippen molar-refractivity contribution in [1.29, 1.82) is 0 Å². The van der Waals surface area contributed by atoms with Crippen LogP contribution in [-0.4, -0.2) is 31.8 Å². The zero-order valence-corrected chi connectivity index (χ0v) is 18.3. The van der Waals surface area contributed by atoms with Gasteiger partial charge in [-0.1, -0.05) is 55.3 Å². The molecule has 0 amide bonds. The van der Waals surface area contributed by atoms with Gasteiger partial charge in [-0.2, -0.15) is 0 Å². The fourth-order valence-corrected chi connectivity index (χ4v) is 3.66. The van der Waals surface area contributed by atoms with Gasteiger partial charge in [-0.15, -0.1) is 0 Å². The van der Waals surface area contributed by atoms with Crippen LogP contribution in [-0.2, 0) is 30.7 Å². The van der Waals surface area contributed by atoms with Gasteiger partial charge >= 0.3 is 5.97 Å². The first-order valence-electron chi connectivity index (χ1n) is 10.5. The number of benzene rings is 2. The number of unbranched alkanes of at least 4 members (excludes halogenated alkanes) is 1. The van der Waals surface area contributed by atoms with Crippen LogP contribution in [0, 0.1) is 0 Å². The molecule has 1 unspecified atom stereocenters. The maximum absolute atomic E-state index is 11.8. The Labute approximate surface area is 187 Å². The molecule has 1 aromatic heterocycles. The Morgan fingerprint density at radius 1 is 1.19 bits per heavy atom. The molecule has 3 N–H and O–H groups in total. The number of phenolic OH excluding ortho intramolecular Hbond substituents is 1. The van der Waals surface area contributed by atoms with Crippen LogP contribution >= 0.6 is 11.6 Å². The van der Waals surface area contributed by atoms with Crippen molar-refractivity contribution in [1.82, 2.24) is 14.9 Å². The molecule has 2 aromatic carbocycles. The summed E-state index contributed by atoms with van der Waals surface area (Å²) in [5.74, 6) is 0.215. The number of phenols is 1. The van der Waals surface area contributed by atoms with E-state index in [0.29, 0.717) is 24.5 Å². The van der Waals surface area contributed by atoms with E-state index in [1.54, 1.807) is 24.3 Å². The zero-order valence-electron chi connectivity index (χ0n) is 17.6. The van der Waals surface area contributed by atoms with Crippen LogP contribution in [0.5, 0.6) is 5.75 Å². The minimum absolute atomic E-state index is 0.159. The van der Waals surface area contributed by atoms with Gasteiger partial charge in [0, 0.05) is 24.2 Å². The van der Waals surface area contributed by atoms with Crippen molar-refractivity contribution in [2.75, 3.05) is 0 Å². The number of carboxylic acids is 1. The molecule has 0 fully saturated rings. The molecule has 1 heterocycles. The van der Waals surface area contributed by atoms with E-state index in [-0.39, 0.29) is 5.75 Å². The molecular formula is C24H28ClN3O3. The van der Waals surface area contributed by atoms with Crippen LogP contribution < -0.4 is 5.32 Å². The van der Waals surface area contributed by atoms with Gasteiger partial charge in [-0.05, 0) is 42.2 Å². The second-order valence-electron chi connectivity index (χ2n) is 7.59. The molecule has 0 saturated carbocycles. The molecule has 7 heteroatoms. The number of carboxylic acid groups (broad SMARTS) is 1. The fourth-order valence-electron chi connectivity index (χ4n) is 3.46. The monoisotopic (exact) mass is 441 g/mol. The van der Waals surface area contributed by atoms with Gasteiger partial charge in [-0.25, -0.2) is 4.98 Å². The van der Waals surface area contributed by atoms with Crippen LogP contribution in [0.4, 0.5) is 0 Å². The molecule has 1 atom stereocenters. The number of aromatic hydroxyl groups is 1. The lowest BCUT2D eigenvalue weighted by molar-refractivity contribution is -0.139. The highest BCUT2D eigenvalue weighted by atomic mass is 35.5. The van der Waals surface area contributed by atoms with Gasteiger partial charge in [0.25, 0.3) is 0 Å². The number of imidazole rings is 1. The van der Waals surface area contributed by atoms with E-state index >= 15 is 0 Å². The summed E-state index contributed by atoms with van der Waals surface area (Å²) < 4.78 is 2.13. The Morgan fingerprint density at radius 2 is 1.94 bits per heavy atom. The molecule has 3 rings (SSSR count). The largest absolute Gasteiger partial charge is 0.508 e. The van der Waals surface area contributed by atoms with Gasteiger partial charge in [-0.3, -0.25) is 10.1 Å². The number of nitrogens with zero attached hydrogens (tertiary/aromatic N) is 2. The SMILES string of the molecule is CCCCc1ncc(CNC(Cc2ccc(O)cc2)C(=O)O)n1Cc1ccccc1Cl. The second kappa shape index (κ2) is 11.0. The van der Waals surface area contributed by atoms with Crippen molar-refractivity contribution in [3.63, 3.8) is 0 Å². The first-order valence-corrected chi connectivity index (χ1v) is 10.9. The first kappa shape index (κ1) is 22.8. The summed E-state index contributed by atoms with van der Waals surface area (Å²) in [5.41, 5.74) is 2.76. The molecule has 31 heavy (non-hydrogen) atoms. The number of hydrogen-bond acceptors (Lipinski definition) is 4. The van der Waals surface area contributed by atoms with E-state index in [9.17, 15) is 15.0 Å². The fraction of sp³-hybridized carbons (Fsp3) is 0.333. The van der Waals surface area contributed by atoms with Crippen LogP contribution in [0.2, 0.25) is 5.02 Å². The topological polar surface area (TPSA) is 87.4 Å². The molecular weight excluding hydrogens is 414 g/mol. The average Bonchev–Trinajstić information content (AvgIpc) is 3.13. The van der Waals surface area contributed by atoms with E-state index in [2.05, 4.69) is 21.8 Å². The highest BCUT2D eigenvalue weighted by Crippen LogP contribution is 2.19.